The average Bonchev–Trinajstić information content (AvgIpc) is 2.76. The predicted molar refractivity (Wildman–Crippen MR) is 115 cm³/mol. The summed E-state index contributed by atoms with van der Waals surface area (Å²) in [4.78, 5) is 12.9. The Morgan fingerprint density at radius 1 is 1.13 bits per heavy atom. The van der Waals surface area contributed by atoms with Gasteiger partial charge in [-0.05, 0) is 55.0 Å². The number of rotatable bonds is 4. The molecule has 30 heavy (non-hydrogen) atoms. The Labute approximate surface area is 177 Å². The van der Waals surface area contributed by atoms with Crippen molar-refractivity contribution in [3.8, 4) is 0 Å². The van der Waals surface area contributed by atoms with Crippen LogP contribution >= 0.6 is 0 Å². The van der Waals surface area contributed by atoms with E-state index in [1.807, 2.05) is 19.1 Å². The molecule has 1 fully saturated rings. The first-order valence-corrected chi connectivity index (χ1v) is 11.7. The van der Waals surface area contributed by atoms with Crippen LogP contribution in [0.2, 0.25) is 0 Å². The van der Waals surface area contributed by atoms with E-state index in [9.17, 15) is 13.2 Å². The topological polar surface area (TPSA) is 87.7 Å². The van der Waals surface area contributed by atoms with Gasteiger partial charge in [-0.3, -0.25) is 0 Å². The number of ether oxygens (including phenoxy) is 1. The second-order valence-corrected chi connectivity index (χ2v) is 9.67. The largest absolute Gasteiger partial charge is 0.379 e. The number of nitrogens with zero attached hydrogens (tertiary/aromatic N) is 1. The fourth-order valence-corrected chi connectivity index (χ4v) is 5.49. The number of amides is 2. The van der Waals surface area contributed by atoms with Crippen molar-refractivity contribution < 1.29 is 17.9 Å². The third-order valence-corrected chi connectivity index (χ3v) is 7.63. The molecule has 2 N–H and O–H groups in total. The minimum atomic E-state index is -3.62. The average molecular weight is 430 g/mol. The molecule has 0 saturated carbocycles. The smallest absolute Gasteiger partial charge is 0.319 e. The van der Waals surface area contributed by atoms with Crippen LogP contribution in [0.4, 0.5) is 10.5 Å². The summed E-state index contributed by atoms with van der Waals surface area (Å²) in [6, 6.07) is 12.6. The van der Waals surface area contributed by atoms with Crippen molar-refractivity contribution in [2.75, 3.05) is 31.6 Å². The molecule has 4 rings (SSSR count). The second-order valence-electron chi connectivity index (χ2n) is 7.74. The van der Waals surface area contributed by atoms with Gasteiger partial charge in [-0.25, -0.2) is 13.2 Å². The zero-order valence-corrected chi connectivity index (χ0v) is 17.9. The standard InChI is InChI=1S/C22H27N3O4S/c1-16-9-10-18(30(27,28)25-11-13-29-14-12-25)15-21(16)24-22(26)23-20-8-4-6-17-5-2-3-7-19(17)20/h2-3,5,7,9-10,15,20H,4,6,8,11-14H2,1H3,(H2,23,24,26)/t20-/m0/s1. The monoisotopic (exact) mass is 429 g/mol. The highest BCUT2D eigenvalue weighted by Crippen LogP contribution is 2.30. The number of urea groups is 1. The van der Waals surface area contributed by atoms with Crippen LogP contribution in [0.15, 0.2) is 47.4 Å². The maximum atomic E-state index is 12.9. The van der Waals surface area contributed by atoms with Gasteiger partial charge >= 0.3 is 6.03 Å². The third kappa shape index (κ3) is 4.35. The van der Waals surface area contributed by atoms with Gasteiger partial charge in [-0.15, -0.1) is 0 Å². The number of nitrogens with one attached hydrogen (secondary N) is 2. The van der Waals surface area contributed by atoms with E-state index in [1.54, 1.807) is 12.1 Å². The molecule has 1 saturated heterocycles. The van der Waals surface area contributed by atoms with Crippen LogP contribution < -0.4 is 10.6 Å². The van der Waals surface area contributed by atoms with E-state index in [2.05, 4.69) is 22.8 Å². The number of fused-ring (bicyclic) bond motifs is 1. The molecule has 2 aromatic carbocycles. The van der Waals surface area contributed by atoms with Gasteiger partial charge in [0.25, 0.3) is 0 Å². The Morgan fingerprint density at radius 2 is 1.90 bits per heavy atom. The molecule has 1 aliphatic heterocycles. The van der Waals surface area contributed by atoms with Crippen molar-refractivity contribution >= 4 is 21.7 Å². The first kappa shape index (κ1) is 20.8. The fraction of sp³-hybridized carbons (Fsp3) is 0.409. The molecule has 1 heterocycles. The number of hydrogen-bond donors (Lipinski definition) is 2. The van der Waals surface area contributed by atoms with E-state index < -0.39 is 10.0 Å². The molecule has 0 spiro atoms. The normalized spacial score (nSPS) is 19.7. The van der Waals surface area contributed by atoms with Gasteiger partial charge in [0.1, 0.15) is 0 Å². The van der Waals surface area contributed by atoms with E-state index in [-0.39, 0.29) is 17.0 Å². The molecular weight excluding hydrogens is 402 g/mol. The molecular formula is C22H27N3O4S. The highest BCUT2D eigenvalue weighted by molar-refractivity contribution is 7.89. The van der Waals surface area contributed by atoms with E-state index in [0.29, 0.717) is 32.0 Å². The van der Waals surface area contributed by atoms with Crippen LogP contribution in [-0.4, -0.2) is 45.1 Å². The SMILES string of the molecule is Cc1ccc(S(=O)(=O)N2CCOCC2)cc1NC(=O)N[C@H]1CCCc2ccccc21. The molecule has 0 radical (unpaired) electrons. The Balaban J connectivity index is 1.50. The van der Waals surface area contributed by atoms with Gasteiger partial charge in [0.15, 0.2) is 0 Å². The van der Waals surface area contributed by atoms with Gasteiger partial charge in [0.2, 0.25) is 10.0 Å². The minimum Gasteiger partial charge on any atom is -0.379 e. The maximum absolute atomic E-state index is 12.9. The van der Waals surface area contributed by atoms with E-state index in [1.165, 1.54) is 15.9 Å². The van der Waals surface area contributed by atoms with Crippen LogP contribution in [0.3, 0.4) is 0 Å². The van der Waals surface area contributed by atoms with Gasteiger partial charge in [-0.1, -0.05) is 30.3 Å². The summed E-state index contributed by atoms with van der Waals surface area (Å²) in [5.74, 6) is 0. The van der Waals surface area contributed by atoms with Gasteiger partial charge < -0.3 is 15.4 Å². The molecule has 0 aromatic heterocycles. The highest BCUT2D eigenvalue weighted by atomic mass is 32.2. The number of anilines is 1. The molecule has 7 nitrogen and oxygen atoms in total. The molecule has 1 aliphatic carbocycles. The molecule has 160 valence electrons. The van der Waals surface area contributed by atoms with Crippen molar-refractivity contribution in [2.45, 2.75) is 37.1 Å². The Kier molecular flexibility index (Phi) is 6.08. The van der Waals surface area contributed by atoms with Crippen molar-refractivity contribution in [3.63, 3.8) is 0 Å². The molecule has 0 unspecified atom stereocenters. The number of carbonyl (C=O) groups excluding carboxylic acids is 1. The number of sulfonamides is 1. The summed E-state index contributed by atoms with van der Waals surface area (Å²) in [6.07, 6.45) is 2.93. The lowest BCUT2D eigenvalue weighted by atomic mass is 9.88. The van der Waals surface area contributed by atoms with Gasteiger partial charge in [0.05, 0.1) is 24.2 Å². The molecule has 2 aromatic rings. The summed E-state index contributed by atoms with van der Waals surface area (Å²) < 4.78 is 32.5. The van der Waals surface area contributed by atoms with Crippen LogP contribution in [0, 0.1) is 6.92 Å². The summed E-state index contributed by atoms with van der Waals surface area (Å²) in [6.45, 7) is 3.29. The van der Waals surface area contributed by atoms with Gasteiger partial charge in [0, 0.05) is 18.8 Å². The van der Waals surface area contributed by atoms with Crippen LogP contribution in [0.5, 0.6) is 0 Å². The Hall–Kier alpha value is -2.42. The Morgan fingerprint density at radius 3 is 2.70 bits per heavy atom. The van der Waals surface area contributed by atoms with Crippen LogP contribution in [-0.2, 0) is 21.2 Å². The minimum absolute atomic E-state index is 0.0458. The first-order chi connectivity index (χ1) is 14.4. The lowest BCUT2D eigenvalue weighted by Crippen LogP contribution is -2.40. The quantitative estimate of drug-likeness (QED) is 0.781. The maximum Gasteiger partial charge on any atom is 0.319 e. The van der Waals surface area contributed by atoms with Gasteiger partial charge in [-0.2, -0.15) is 4.31 Å². The number of carbonyl (C=O) groups is 1. The summed E-state index contributed by atoms with van der Waals surface area (Å²) in [7, 11) is -3.62. The second kappa shape index (κ2) is 8.75. The lowest BCUT2D eigenvalue weighted by molar-refractivity contribution is 0.0730. The fourth-order valence-electron chi connectivity index (χ4n) is 4.05. The highest BCUT2D eigenvalue weighted by Gasteiger charge is 2.27. The number of morpholine rings is 1. The Bertz CT molecular complexity index is 1030. The number of benzene rings is 2. The summed E-state index contributed by atoms with van der Waals surface area (Å²) in [5.41, 5.74) is 3.71. The van der Waals surface area contributed by atoms with Crippen LogP contribution in [0.1, 0.15) is 35.6 Å². The van der Waals surface area contributed by atoms with E-state index >= 15 is 0 Å². The lowest BCUT2D eigenvalue weighted by Gasteiger charge is -2.27. The molecule has 2 aliphatic rings. The first-order valence-electron chi connectivity index (χ1n) is 10.3. The van der Waals surface area contributed by atoms with Crippen molar-refractivity contribution in [1.82, 2.24) is 9.62 Å². The summed E-state index contributed by atoms with van der Waals surface area (Å²) >= 11 is 0. The van der Waals surface area contributed by atoms with Crippen molar-refractivity contribution in [1.29, 1.82) is 0 Å². The van der Waals surface area contributed by atoms with E-state index in [0.717, 1.165) is 30.4 Å². The number of hydrogen-bond acceptors (Lipinski definition) is 4. The molecule has 2 amide bonds. The van der Waals surface area contributed by atoms with Crippen molar-refractivity contribution in [2.24, 2.45) is 0 Å². The summed E-state index contributed by atoms with van der Waals surface area (Å²) in [5, 5.41) is 5.89. The molecule has 0 bridgehead atoms. The third-order valence-electron chi connectivity index (χ3n) is 5.74. The van der Waals surface area contributed by atoms with E-state index in [4.69, 9.17) is 4.74 Å². The predicted octanol–water partition coefficient (Wildman–Crippen LogP) is 3.22. The molecule has 1 atom stereocenters. The van der Waals surface area contributed by atoms with Crippen molar-refractivity contribution in [3.05, 3.63) is 59.2 Å². The van der Waals surface area contributed by atoms with Crippen LogP contribution in [0.25, 0.3) is 0 Å². The number of aryl methyl sites for hydroxylation is 2. The zero-order valence-electron chi connectivity index (χ0n) is 17.1. The molecule has 8 heteroatoms. The zero-order chi connectivity index (χ0) is 21.1.